The van der Waals surface area contributed by atoms with Crippen LogP contribution in [0, 0.1) is 5.82 Å². The molecule has 0 fully saturated rings. The second kappa shape index (κ2) is 7.80. The van der Waals surface area contributed by atoms with Crippen molar-refractivity contribution in [2.45, 2.75) is 19.4 Å². The molecule has 1 N–H and O–H groups in total. The molecule has 1 amide bonds. The van der Waals surface area contributed by atoms with Gasteiger partial charge in [-0.25, -0.2) is 4.39 Å². The van der Waals surface area contributed by atoms with Crippen LogP contribution in [0.15, 0.2) is 48.5 Å². The quantitative estimate of drug-likeness (QED) is 0.882. The maximum absolute atomic E-state index is 12.8. The van der Waals surface area contributed by atoms with Crippen molar-refractivity contribution in [1.29, 1.82) is 0 Å². The fraction of sp³-hybridized carbons (Fsp3) is 0.235. The molecule has 2 aromatic carbocycles. The summed E-state index contributed by atoms with van der Waals surface area (Å²) in [7, 11) is 0. The molecule has 0 aliphatic carbocycles. The molecule has 0 unspecified atom stereocenters. The third kappa shape index (κ3) is 5.04. The number of hydrogen-bond donors (Lipinski definition) is 1. The number of rotatable bonds is 6. The van der Waals surface area contributed by atoms with Crippen molar-refractivity contribution in [3.63, 3.8) is 0 Å². The molecule has 0 aliphatic rings. The topological polar surface area (TPSA) is 38.3 Å². The van der Waals surface area contributed by atoms with E-state index in [0.29, 0.717) is 23.7 Å². The van der Waals surface area contributed by atoms with Gasteiger partial charge in [0.2, 0.25) is 0 Å². The van der Waals surface area contributed by atoms with Crippen molar-refractivity contribution in [2.24, 2.45) is 0 Å². The first kappa shape index (κ1) is 16.3. The van der Waals surface area contributed by atoms with E-state index in [2.05, 4.69) is 5.32 Å². The van der Waals surface area contributed by atoms with Gasteiger partial charge in [-0.2, -0.15) is 0 Å². The van der Waals surface area contributed by atoms with Crippen molar-refractivity contribution >= 4 is 17.5 Å². The van der Waals surface area contributed by atoms with Gasteiger partial charge in [0.1, 0.15) is 11.6 Å². The molecular weight excluding hydrogens is 305 g/mol. The molecule has 2 rings (SSSR count). The van der Waals surface area contributed by atoms with Gasteiger partial charge in [-0.05, 0) is 55.3 Å². The maximum atomic E-state index is 12.8. The molecular formula is C17H17ClFNO2. The predicted molar refractivity (Wildman–Crippen MR) is 84.7 cm³/mol. The van der Waals surface area contributed by atoms with Gasteiger partial charge in [0.25, 0.3) is 5.91 Å². The SMILES string of the molecule is C[C@@H](Oc1ccc(F)cc1)C(=O)NCCc1ccc(Cl)cc1. The molecule has 22 heavy (non-hydrogen) atoms. The van der Waals surface area contributed by atoms with Gasteiger partial charge < -0.3 is 10.1 Å². The van der Waals surface area contributed by atoms with Gasteiger partial charge in [-0.15, -0.1) is 0 Å². The lowest BCUT2D eigenvalue weighted by atomic mass is 10.1. The van der Waals surface area contributed by atoms with Crippen molar-refractivity contribution in [3.05, 3.63) is 64.9 Å². The maximum Gasteiger partial charge on any atom is 0.260 e. The van der Waals surface area contributed by atoms with Crippen molar-refractivity contribution in [2.75, 3.05) is 6.54 Å². The second-order valence-corrected chi connectivity index (χ2v) is 5.32. The summed E-state index contributed by atoms with van der Waals surface area (Å²) in [6.45, 7) is 2.17. The molecule has 0 aliphatic heterocycles. The standard InChI is InChI=1S/C17H17ClFNO2/c1-12(22-16-8-6-15(19)7-9-16)17(21)20-11-10-13-2-4-14(18)5-3-13/h2-9,12H,10-11H2,1H3,(H,20,21)/t12-/m1/s1. The zero-order valence-electron chi connectivity index (χ0n) is 12.2. The number of carbonyl (C=O) groups excluding carboxylic acids is 1. The average molecular weight is 322 g/mol. The molecule has 5 heteroatoms. The van der Waals surface area contributed by atoms with E-state index in [1.165, 1.54) is 24.3 Å². The highest BCUT2D eigenvalue weighted by atomic mass is 35.5. The third-order valence-corrected chi connectivity index (χ3v) is 3.37. The summed E-state index contributed by atoms with van der Waals surface area (Å²) >= 11 is 5.81. The van der Waals surface area contributed by atoms with Gasteiger partial charge in [-0.1, -0.05) is 23.7 Å². The third-order valence-electron chi connectivity index (χ3n) is 3.12. The molecule has 0 saturated heterocycles. The fourth-order valence-corrected chi connectivity index (χ4v) is 2.02. The van der Waals surface area contributed by atoms with Crippen LogP contribution in [0.3, 0.4) is 0 Å². The minimum atomic E-state index is -0.643. The summed E-state index contributed by atoms with van der Waals surface area (Å²) in [6, 6.07) is 13.1. The van der Waals surface area contributed by atoms with E-state index in [9.17, 15) is 9.18 Å². The molecule has 0 radical (unpaired) electrons. The molecule has 0 aromatic heterocycles. The average Bonchev–Trinajstić information content (AvgIpc) is 2.51. The van der Waals surface area contributed by atoms with Crippen LogP contribution in [0.2, 0.25) is 5.02 Å². The van der Waals surface area contributed by atoms with Crippen LogP contribution in [0.5, 0.6) is 5.75 Å². The molecule has 2 aromatic rings. The Morgan fingerprint density at radius 3 is 2.45 bits per heavy atom. The highest BCUT2D eigenvalue weighted by Gasteiger charge is 2.13. The molecule has 0 spiro atoms. The van der Waals surface area contributed by atoms with Crippen LogP contribution >= 0.6 is 11.6 Å². The van der Waals surface area contributed by atoms with E-state index in [1.54, 1.807) is 6.92 Å². The summed E-state index contributed by atoms with van der Waals surface area (Å²) in [5.41, 5.74) is 1.09. The van der Waals surface area contributed by atoms with Gasteiger partial charge in [0.05, 0.1) is 0 Å². The Balaban J connectivity index is 1.76. The number of benzene rings is 2. The fourth-order valence-electron chi connectivity index (χ4n) is 1.90. The minimum absolute atomic E-state index is 0.210. The van der Waals surface area contributed by atoms with E-state index in [1.807, 2.05) is 24.3 Å². The van der Waals surface area contributed by atoms with Gasteiger partial charge in [-0.3, -0.25) is 4.79 Å². The smallest absolute Gasteiger partial charge is 0.260 e. The van der Waals surface area contributed by atoms with Crippen molar-refractivity contribution in [3.8, 4) is 5.75 Å². The lowest BCUT2D eigenvalue weighted by Crippen LogP contribution is -2.37. The Bertz CT molecular complexity index is 614. The van der Waals surface area contributed by atoms with E-state index in [0.717, 1.165) is 5.56 Å². The molecule has 116 valence electrons. The normalized spacial score (nSPS) is 11.8. The van der Waals surface area contributed by atoms with Crippen LogP contribution in [-0.4, -0.2) is 18.6 Å². The first-order chi connectivity index (χ1) is 10.5. The van der Waals surface area contributed by atoms with Crippen LogP contribution in [0.25, 0.3) is 0 Å². The monoisotopic (exact) mass is 321 g/mol. The first-order valence-electron chi connectivity index (χ1n) is 6.99. The second-order valence-electron chi connectivity index (χ2n) is 4.88. The molecule has 0 saturated carbocycles. The Kier molecular flexibility index (Phi) is 5.78. The first-order valence-corrected chi connectivity index (χ1v) is 7.37. The lowest BCUT2D eigenvalue weighted by molar-refractivity contribution is -0.127. The van der Waals surface area contributed by atoms with Gasteiger partial charge in [0, 0.05) is 11.6 Å². The zero-order valence-corrected chi connectivity index (χ0v) is 12.9. The van der Waals surface area contributed by atoms with Crippen LogP contribution < -0.4 is 10.1 Å². The Morgan fingerprint density at radius 2 is 1.82 bits per heavy atom. The predicted octanol–water partition coefficient (Wildman–Crippen LogP) is 3.61. The van der Waals surface area contributed by atoms with Gasteiger partial charge >= 0.3 is 0 Å². The minimum Gasteiger partial charge on any atom is -0.481 e. The summed E-state index contributed by atoms with van der Waals surface area (Å²) < 4.78 is 18.2. The number of nitrogens with one attached hydrogen (secondary N) is 1. The van der Waals surface area contributed by atoms with Gasteiger partial charge in [0.15, 0.2) is 6.10 Å². The Labute approximate surface area is 134 Å². The van der Waals surface area contributed by atoms with Crippen molar-refractivity contribution < 1.29 is 13.9 Å². The number of amides is 1. The molecule has 0 heterocycles. The number of ether oxygens (including phenoxy) is 1. The Hall–Kier alpha value is -2.07. The Morgan fingerprint density at radius 1 is 1.18 bits per heavy atom. The lowest BCUT2D eigenvalue weighted by Gasteiger charge is -2.14. The summed E-state index contributed by atoms with van der Waals surface area (Å²) in [4.78, 5) is 11.9. The number of hydrogen-bond acceptors (Lipinski definition) is 2. The molecule has 1 atom stereocenters. The summed E-state index contributed by atoms with van der Waals surface area (Å²) in [6.07, 6.45) is 0.0716. The molecule has 3 nitrogen and oxygen atoms in total. The van der Waals surface area contributed by atoms with E-state index < -0.39 is 6.10 Å². The number of halogens is 2. The van der Waals surface area contributed by atoms with E-state index >= 15 is 0 Å². The van der Waals surface area contributed by atoms with E-state index in [4.69, 9.17) is 16.3 Å². The van der Waals surface area contributed by atoms with Crippen LogP contribution in [0.4, 0.5) is 4.39 Å². The zero-order chi connectivity index (χ0) is 15.9. The largest absolute Gasteiger partial charge is 0.481 e. The number of carbonyl (C=O) groups is 1. The summed E-state index contributed by atoms with van der Waals surface area (Å²) in [5.74, 6) is -0.0903. The summed E-state index contributed by atoms with van der Waals surface area (Å²) in [5, 5.41) is 3.50. The van der Waals surface area contributed by atoms with Crippen molar-refractivity contribution in [1.82, 2.24) is 5.32 Å². The van der Waals surface area contributed by atoms with Crippen LogP contribution in [-0.2, 0) is 11.2 Å². The molecule has 0 bridgehead atoms. The highest BCUT2D eigenvalue weighted by molar-refractivity contribution is 6.30. The van der Waals surface area contributed by atoms with Crippen LogP contribution in [0.1, 0.15) is 12.5 Å². The highest BCUT2D eigenvalue weighted by Crippen LogP contribution is 2.13. The van der Waals surface area contributed by atoms with E-state index in [-0.39, 0.29) is 11.7 Å².